The Hall–Kier alpha value is 0.670. The lowest BCUT2D eigenvalue weighted by molar-refractivity contribution is 0.275. The van der Waals surface area contributed by atoms with Crippen molar-refractivity contribution in [3.05, 3.63) is 14.7 Å². The van der Waals surface area contributed by atoms with Crippen LogP contribution >= 0.6 is 50.5 Å². The molecule has 0 radical (unpaired) electrons. The number of rotatable bonds is 3. The summed E-state index contributed by atoms with van der Waals surface area (Å²) in [5.41, 5.74) is 0. The highest BCUT2D eigenvalue weighted by Crippen LogP contribution is 2.37. The first-order valence-electron chi connectivity index (χ1n) is 5.91. The predicted molar refractivity (Wildman–Crippen MR) is 84.2 cm³/mol. The second-order valence-corrected chi connectivity index (χ2v) is 10.2. The molecule has 3 nitrogen and oxygen atoms in total. The van der Waals surface area contributed by atoms with E-state index < -0.39 is 10.0 Å². The van der Waals surface area contributed by atoms with Crippen molar-refractivity contribution in [3.63, 3.8) is 0 Å². The molecule has 1 aromatic rings. The van der Waals surface area contributed by atoms with Crippen LogP contribution in [0.5, 0.6) is 0 Å². The zero-order chi connectivity index (χ0) is 14.2. The third-order valence-electron chi connectivity index (χ3n) is 3.39. The Labute approximate surface area is 136 Å². The number of halogens is 3. The summed E-state index contributed by atoms with van der Waals surface area (Å²) in [6.45, 7) is 3.17. The number of piperidine rings is 1. The van der Waals surface area contributed by atoms with Gasteiger partial charge in [-0.3, -0.25) is 0 Å². The maximum absolute atomic E-state index is 12.5. The highest BCUT2D eigenvalue weighted by Gasteiger charge is 2.32. The van der Waals surface area contributed by atoms with Crippen molar-refractivity contribution in [2.24, 2.45) is 5.92 Å². The third-order valence-corrected chi connectivity index (χ3v) is 7.79. The van der Waals surface area contributed by atoms with Gasteiger partial charge in [0.2, 0.25) is 10.0 Å². The molecule has 1 atom stereocenters. The smallest absolute Gasteiger partial charge is 0.207 e. The molecule has 19 heavy (non-hydrogen) atoms. The van der Waals surface area contributed by atoms with Crippen molar-refractivity contribution in [1.29, 1.82) is 0 Å². The topological polar surface area (TPSA) is 37.4 Å². The van der Waals surface area contributed by atoms with E-state index in [0.29, 0.717) is 28.2 Å². The number of alkyl halides is 1. The van der Waals surface area contributed by atoms with Gasteiger partial charge in [0.05, 0.1) is 4.34 Å². The van der Waals surface area contributed by atoms with E-state index in [2.05, 4.69) is 22.9 Å². The number of thiophene rings is 1. The van der Waals surface area contributed by atoms with E-state index in [1.165, 1.54) is 10.4 Å². The Morgan fingerprint density at radius 2 is 2.00 bits per heavy atom. The summed E-state index contributed by atoms with van der Waals surface area (Å²) in [6, 6.07) is 1.43. The molecular weight excluding hydrogens is 393 g/mol. The molecule has 1 saturated heterocycles. The van der Waals surface area contributed by atoms with E-state index in [4.69, 9.17) is 23.2 Å². The fraction of sp³-hybridized carbons (Fsp3) is 0.636. The van der Waals surface area contributed by atoms with Crippen molar-refractivity contribution in [2.45, 2.75) is 29.5 Å². The minimum absolute atomic E-state index is 0.134. The van der Waals surface area contributed by atoms with E-state index in [9.17, 15) is 8.42 Å². The fourth-order valence-corrected chi connectivity index (χ4v) is 6.33. The molecule has 8 heteroatoms. The highest BCUT2D eigenvalue weighted by molar-refractivity contribution is 9.09. The molecular formula is C11H14BrCl2NO2S2. The molecule has 0 aliphatic carbocycles. The molecule has 108 valence electrons. The van der Waals surface area contributed by atoms with Crippen LogP contribution in [0.2, 0.25) is 8.67 Å². The van der Waals surface area contributed by atoms with Crippen molar-refractivity contribution in [1.82, 2.24) is 4.31 Å². The van der Waals surface area contributed by atoms with Crippen LogP contribution in [0.1, 0.15) is 19.8 Å². The van der Waals surface area contributed by atoms with E-state index in [1.54, 1.807) is 0 Å². The van der Waals surface area contributed by atoms with Gasteiger partial charge in [0, 0.05) is 17.9 Å². The summed E-state index contributed by atoms with van der Waals surface area (Å²) in [7, 11) is -3.51. The van der Waals surface area contributed by atoms with Crippen molar-refractivity contribution in [2.75, 3.05) is 13.1 Å². The van der Waals surface area contributed by atoms with Crippen LogP contribution in [0, 0.1) is 5.92 Å². The molecule has 0 saturated carbocycles. The Bertz CT molecular complexity index is 551. The summed E-state index contributed by atoms with van der Waals surface area (Å²) in [4.78, 5) is 0.547. The van der Waals surface area contributed by atoms with Crippen molar-refractivity contribution in [3.8, 4) is 0 Å². The normalized spacial score (nSPS) is 20.6. The lowest BCUT2D eigenvalue weighted by Gasteiger charge is -2.32. The van der Waals surface area contributed by atoms with Gasteiger partial charge >= 0.3 is 0 Å². The molecule has 0 aromatic carbocycles. The Morgan fingerprint density at radius 1 is 1.42 bits per heavy atom. The SMILES string of the molecule is CC(Br)C1CCN(S(=O)(=O)c2cc(Cl)sc2Cl)CC1. The summed E-state index contributed by atoms with van der Waals surface area (Å²) in [5, 5.41) is 0. The molecule has 2 heterocycles. The molecule has 1 aliphatic rings. The third kappa shape index (κ3) is 3.47. The minimum Gasteiger partial charge on any atom is -0.207 e. The number of sulfonamides is 1. The average molecular weight is 407 g/mol. The maximum atomic E-state index is 12.5. The monoisotopic (exact) mass is 405 g/mol. The highest BCUT2D eigenvalue weighted by atomic mass is 79.9. The van der Waals surface area contributed by atoms with E-state index in [-0.39, 0.29) is 9.23 Å². The van der Waals surface area contributed by atoms with Gasteiger partial charge in [-0.05, 0) is 24.8 Å². The van der Waals surface area contributed by atoms with E-state index in [0.717, 1.165) is 24.2 Å². The zero-order valence-corrected chi connectivity index (χ0v) is 15.0. The molecule has 0 amide bonds. The second kappa shape index (κ2) is 6.20. The largest absolute Gasteiger partial charge is 0.245 e. The van der Waals surface area contributed by atoms with Gasteiger partial charge in [-0.15, -0.1) is 11.3 Å². The summed E-state index contributed by atoms with van der Waals surface area (Å²) in [5.74, 6) is 0.521. The van der Waals surface area contributed by atoms with Gasteiger partial charge in [0.1, 0.15) is 9.23 Å². The number of hydrogen-bond donors (Lipinski definition) is 0. The van der Waals surface area contributed by atoms with Crippen LogP contribution in [-0.4, -0.2) is 30.6 Å². The quantitative estimate of drug-likeness (QED) is 0.704. The van der Waals surface area contributed by atoms with Gasteiger partial charge in [-0.25, -0.2) is 8.42 Å². The van der Waals surface area contributed by atoms with Crippen LogP contribution in [-0.2, 0) is 10.0 Å². The second-order valence-electron chi connectivity index (χ2n) is 4.61. The van der Waals surface area contributed by atoms with Crippen LogP contribution in [0.3, 0.4) is 0 Å². The van der Waals surface area contributed by atoms with Crippen molar-refractivity contribution >= 4 is 60.5 Å². The van der Waals surface area contributed by atoms with Crippen LogP contribution in [0.4, 0.5) is 0 Å². The van der Waals surface area contributed by atoms with Gasteiger partial charge in [-0.2, -0.15) is 4.31 Å². The van der Waals surface area contributed by atoms with Crippen LogP contribution < -0.4 is 0 Å². The number of nitrogens with zero attached hydrogens (tertiary/aromatic N) is 1. The number of hydrogen-bond acceptors (Lipinski definition) is 3. The molecule has 1 aliphatic heterocycles. The summed E-state index contributed by atoms with van der Waals surface area (Å²) in [6.07, 6.45) is 1.72. The predicted octanol–water partition coefficient (Wildman–Crippen LogP) is 4.24. The van der Waals surface area contributed by atoms with E-state index >= 15 is 0 Å². The molecule has 0 bridgehead atoms. The van der Waals surface area contributed by atoms with Gasteiger partial charge in [-0.1, -0.05) is 46.1 Å². The van der Waals surface area contributed by atoms with Crippen molar-refractivity contribution < 1.29 is 8.42 Å². The van der Waals surface area contributed by atoms with Gasteiger partial charge in [0.25, 0.3) is 0 Å². The minimum atomic E-state index is -3.51. The Balaban J connectivity index is 2.16. The average Bonchev–Trinajstić information content (AvgIpc) is 2.69. The van der Waals surface area contributed by atoms with E-state index in [1.807, 2.05) is 0 Å². The first-order valence-corrected chi connectivity index (χ1v) is 9.84. The maximum Gasteiger partial charge on any atom is 0.245 e. The lowest BCUT2D eigenvalue weighted by Crippen LogP contribution is -2.39. The molecule has 1 fully saturated rings. The first-order chi connectivity index (χ1) is 8.82. The van der Waals surface area contributed by atoms with Crippen LogP contribution in [0.25, 0.3) is 0 Å². The molecule has 2 rings (SSSR count). The standard InChI is InChI=1S/C11H14BrCl2NO2S2/c1-7(12)8-2-4-15(5-3-8)19(16,17)9-6-10(13)18-11(9)14/h6-8H,2-5H2,1H3. The molecule has 0 N–H and O–H groups in total. The van der Waals surface area contributed by atoms with Gasteiger partial charge < -0.3 is 0 Å². The van der Waals surface area contributed by atoms with Crippen LogP contribution in [0.15, 0.2) is 11.0 Å². The van der Waals surface area contributed by atoms with Gasteiger partial charge in [0.15, 0.2) is 0 Å². The first kappa shape index (κ1) is 16.0. The molecule has 1 unspecified atom stereocenters. The Kier molecular flexibility index (Phi) is 5.23. The molecule has 0 spiro atoms. The summed E-state index contributed by atoms with van der Waals surface area (Å²) < 4.78 is 27.1. The summed E-state index contributed by atoms with van der Waals surface area (Å²) >= 11 is 16.4. The lowest BCUT2D eigenvalue weighted by atomic mass is 9.96. The Morgan fingerprint density at radius 3 is 2.42 bits per heavy atom. The molecule has 1 aromatic heterocycles. The zero-order valence-electron chi connectivity index (χ0n) is 10.3. The fourth-order valence-electron chi connectivity index (χ4n) is 2.22.